The molecule has 1 atom stereocenters. The molecule has 1 aliphatic heterocycles. The van der Waals surface area contributed by atoms with E-state index in [1.54, 1.807) is 0 Å². The van der Waals surface area contributed by atoms with E-state index in [2.05, 4.69) is 5.32 Å². The average Bonchev–Trinajstić information content (AvgIpc) is 2.08. The smallest absolute Gasteiger partial charge is 0.159 e. The third-order valence-corrected chi connectivity index (χ3v) is 2.41. The van der Waals surface area contributed by atoms with Crippen LogP contribution in [0.2, 0.25) is 0 Å². The molecule has 0 aliphatic carbocycles. The van der Waals surface area contributed by atoms with E-state index in [0.717, 1.165) is 17.5 Å². The Bertz CT molecular complexity index is 341. The predicted molar refractivity (Wildman–Crippen MR) is 53.6 cm³/mol. The maximum atomic E-state index is 12.8. The molecule has 1 unspecified atom stereocenters. The molecule has 78 valence electrons. The molecule has 0 spiro atoms. The standard InChI is InChI=1S/C10H11F2N.ClH/c1-6-2-7-3-9(11)10(12)4-8(7)5-13-6;/h3-4,6,13H,2,5H2,1H3;1H. The van der Waals surface area contributed by atoms with Crippen molar-refractivity contribution in [3.05, 3.63) is 34.9 Å². The van der Waals surface area contributed by atoms with Gasteiger partial charge in [-0.3, -0.25) is 0 Å². The Kier molecular flexibility index (Phi) is 3.45. The van der Waals surface area contributed by atoms with Gasteiger partial charge in [0.2, 0.25) is 0 Å². The normalized spacial score (nSPS) is 19.8. The van der Waals surface area contributed by atoms with Gasteiger partial charge in [-0.2, -0.15) is 0 Å². The Morgan fingerprint density at radius 1 is 1.21 bits per heavy atom. The largest absolute Gasteiger partial charge is 0.310 e. The number of halogens is 3. The van der Waals surface area contributed by atoms with E-state index in [0.29, 0.717) is 12.6 Å². The number of benzene rings is 1. The molecule has 0 saturated heterocycles. The zero-order valence-electron chi connectivity index (χ0n) is 7.81. The lowest BCUT2D eigenvalue weighted by Gasteiger charge is -2.23. The molecule has 2 rings (SSSR count). The molecule has 1 N–H and O–H groups in total. The first-order chi connectivity index (χ1) is 6.16. The van der Waals surface area contributed by atoms with E-state index >= 15 is 0 Å². The Morgan fingerprint density at radius 2 is 1.79 bits per heavy atom. The Morgan fingerprint density at radius 3 is 2.43 bits per heavy atom. The molecule has 1 aromatic rings. The summed E-state index contributed by atoms with van der Waals surface area (Å²) < 4.78 is 25.6. The summed E-state index contributed by atoms with van der Waals surface area (Å²) in [5.74, 6) is -1.50. The van der Waals surface area contributed by atoms with Gasteiger partial charge in [-0.1, -0.05) is 0 Å². The molecular formula is C10H12ClF2N. The van der Waals surface area contributed by atoms with Crippen LogP contribution in [0.1, 0.15) is 18.1 Å². The van der Waals surface area contributed by atoms with Crippen molar-refractivity contribution >= 4 is 12.4 Å². The molecule has 0 bridgehead atoms. The highest BCUT2D eigenvalue weighted by Gasteiger charge is 2.16. The minimum atomic E-state index is -0.755. The Labute approximate surface area is 87.9 Å². The molecular weight excluding hydrogens is 208 g/mol. The zero-order valence-corrected chi connectivity index (χ0v) is 8.63. The van der Waals surface area contributed by atoms with Gasteiger partial charge in [0.05, 0.1) is 0 Å². The molecule has 1 heterocycles. The van der Waals surface area contributed by atoms with E-state index in [-0.39, 0.29) is 12.4 Å². The highest BCUT2D eigenvalue weighted by molar-refractivity contribution is 5.85. The monoisotopic (exact) mass is 219 g/mol. The highest BCUT2D eigenvalue weighted by Crippen LogP contribution is 2.19. The number of hydrogen-bond acceptors (Lipinski definition) is 1. The van der Waals surface area contributed by atoms with Crippen molar-refractivity contribution in [2.75, 3.05) is 0 Å². The summed E-state index contributed by atoms with van der Waals surface area (Å²) in [4.78, 5) is 0. The van der Waals surface area contributed by atoms with Gasteiger partial charge in [-0.05, 0) is 36.6 Å². The van der Waals surface area contributed by atoms with Gasteiger partial charge in [0, 0.05) is 12.6 Å². The summed E-state index contributed by atoms with van der Waals surface area (Å²) in [6, 6.07) is 2.93. The van der Waals surface area contributed by atoms with Crippen molar-refractivity contribution in [1.29, 1.82) is 0 Å². The molecule has 1 nitrogen and oxygen atoms in total. The van der Waals surface area contributed by atoms with Crippen molar-refractivity contribution in [1.82, 2.24) is 5.32 Å². The van der Waals surface area contributed by atoms with Crippen LogP contribution >= 0.6 is 12.4 Å². The van der Waals surface area contributed by atoms with Crippen LogP contribution in [-0.4, -0.2) is 6.04 Å². The molecule has 0 amide bonds. The van der Waals surface area contributed by atoms with Crippen LogP contribution in [0.3, 0.4) is 0 Å². The van der Waals surface area contributed by atoms with Crippen LogP contribution in [0.25, 0.3) is 0 Å². The predicted octanol–water partition coefficient (Wildman–Crippen LogP) is 2.42. The lowest BCUT2D eigenvalue weighted by Crippen LogP contribution is -2.33. The van der Waals surface area contributed by atoms with Crippen LogP contribution in [0.5, 0.6) is 0 Å². The van der Waals surface area contributed by atoms with Crippen LogP contribution in [0.15, 0.2) is 12.1 Å². The summed E-state index contributed by atoms with van der Waals surface area (Å²) in [5, 5.41) is 3.20. The fraction of sp³-hybridized carbons (Fsp3) is 0.400. The number of fused-ring (bicyclic) bond motifs is 1. The molecule has 14 heavy (non-hydrogen) atoms. The fourth-order valence-corrected chi connectivity index (χ4v) is 1.67. The van der Waals surface area contributed by atoms with Crippen molar-refractivity contribution < 1.29 is 8.78 Å². The first-order valence-electron chi connectivity index (χ1n) is 4.37. The zero-order chi connectivity index (χ0) is 9.42. The molecule has 4 heteroatoms. The molecule has 1 aromatic carbocycles. The summed E-state index contributed by atoms with van der Waals surface area (Å²) in [5.41, 5.74) is 1.79. The van der Waals surface area contributed by atoms with Gasteiger partial charge in [0.15, 0.2) is 11.6 Å². The van der Waals surface area contributed by atoms with Crippen LogP contribution in [-0.2, 0) is 13.0 Å². The van der Waals surface area contributed by atoms with E-state index in [4.69, 9.17) is 0 Å². The van der Waals surface area contributed by atoms with Gasteiger partial charge in [-0.15, -0.1) is 12.4 Å². The molecule has 0 saturated carbocycles. The first kappa shape index (κ1) is 11.4. The van der Waals surface area contributed by atoms with Crippen molar-refractivity contribution in [2.24, 2.45) is 0 Å². The maximum Gasteiger partial charge on any atom is 0.159 e. The van der Waals surface area contributed by atoms with Gasteiger partial charge in [-0.25, -0.2) is 8.78 Å². The van der Waals surface area contributed by atoms with E-state index in [1.165, 1.54) is 12.1 Å². The second kappa shape index (κ2) is 4.24. The molecule has 0 aromatic heterocycles. The van der Waals surface area contributed by atoms with Gasteiger partial charge < -0.3 is 5.32 Å². The van der Waals surface area contributed by atoms with Crippen molar-refractivity contribution in [3.8, 4) is 0 Å². The van der Waals surface area contributed by atoms with Gasteiger partial charge >= 0.3 is 0 Å². The lowest BCUT2D eigenvalue weighted by atomic mass is 9.96. The Hall–Kier alpha value is -0.670. The topological polar surface area (TPSA) is 12.0 Å². The van der Waals surface area contributed by atoms with Crippen molar-refractivity contribution in [2.45, 2.75) is 25.9 Å². The summed E-state index contributed by atoms with van der Waals surface area (Å²) in [7, 11) is 0. The SMILES string of the molecule is CC1Cc2cc(F)c(F)cc2CN1.Cl. The van der Waals surface area contributed by atoms with E-state index < -0.39 is 11.6 Å². The average molecular weight is 220 g/mol. The minimum absolute atomic E-state index is 0. The van der Waals surface area contributed by atoms with Crippen LogP contribution in [0, 0.1) is 11.6 Å². The van der Waals surface area contributed by atoms with E-state index in [1.807, 2.05) is 6.92 Å². The second-order valence-corrected chi connectivity index (χ2v) is 3.52. The third-order valence-electron chi connectivity index (χ3n) is 2.41. The fourth-order valence-electron chi connectivity index (χ4n) is 1.67. The summed E-state index contributed by atoms with van der Waals surface area (Å²) in [6.45, 7) is 2.66. The lowest BCUT2D eigenvalue weighted by molar-refractivity contribution is 0.480. The number of nitrogens with one attached hydrogen (secondary N) is 1. The summed E-state index contributed by atoms with van der Waals surface area (Å²) >= 11 is 0. The van der Waals surface area contributed by atoms with Crippen LogP contribution < -0.4 is 5.32 Å². The second-order valence-electron chi connectivity index (χ2n) is 3.52. The van der Waals surface area contributed by atoms with Crippen LogP contribution in [0.4, 0.5) is 8.78 Å². The number of hydrogen-bond donors (Lipinski definition) is 1. The molecule has 0 fully saturated rings. The quantitative estimate of drug-likeness (QED) is 0.707. The van der Waals surface area contributed by atoms with Gasteiger partial charge in [0.1, 0.15) is 0 Å². The number of rotatable bonds is 0. The van der Waals surface area contributed by atoms with Crippen molar-refractivity contribution in [3.63, 3.8) is 0 Å². The molecule has 1 aliphatic rings. The highest BCUT2D eigenvalue weighted by atomic mass is 35.5. The third kappa shape index (κ3) is 2.04. The summed E-state index contributed by atoms with van der Waals surface area (Å²) in [6.07, 6.45) is 0.770. The maximum absolute atomic E-state index is 12.8. The first-order valence-corrected chi connectivity index (χ1v) is 4.37. The van der Waals surface area contributed by atoms with E-state index in [9.17, 15) is 8.78 Å². The van der Waals surface area contributed by atoms with Gasteiger partial charge in [0.25, 0.3) is 0 Å². The molecule has 0 radical (unpaired) electrons. The minimum Gasteiger partial charge on any atom is -0.310 e. The Balaban J connectivity index is 0.000000980.